The Bertz CT molecular complexity index is 1460. The molecule has 0 radical (unpaired) electrons. The van der Waals surface area contributed by atoms with Crippen molar-refractivity contribution < 1.29 is 14.9 Å². The lowest BCUT2D eigenvalue weighted by molar-refractivity contribution is -0.0432. The minimum atomic E-state index is -0.287. The first kappa shape index (κ1) is 27.6. The number of likely N-dealkylation sites (tertiary alicyclic amines) is 1. The van der Waals surface area contributed by atoms with Crippen LogP contribution in [0.5, 0.6) is 5.75 Å². The Labute approximate surface area is 247 Å². The van der Waals surface area contributed by atoms with E-state index < -0.39 is 0 Å². The third kappa shape index (κ3) is 5.02. The largest absolute Gasteiger partial charge is 0.491 e. The summed E-state index contributed by atoms with van der Waals surface area (Å²) in [4.78, 5) is 12.0. The molecule has 0 spiro atoms. The van der Waals surface area contributed by atoms with Crippen molar-refractivity contribution in [2.24, 2.45) is 11.8 Å². The summed E-state index contributed by atoms with van der Waals surface area (Å²) in [6.45, 7) is 9.05. The summed E-state index contributed by atoms with van der Waals surface area (Å²) < 4.78 is 7.96. The molecule has 6 atom stereocenters. The van der Waals surface area contributed by atoms with Crippen LogP contribution in [0.25, 0.3) is 16.6 Å². The number of nitriles is 1. The number of anilines is 1. The van der Waals surface area contributed by atoms with Gasteiger partial charge in [-0.25, -0.2) is 9.50 Å². The highest BCUT2D eigenvalue weighted by atomic mass is 16.5. The summed E-state index contributed by atoms with van der Waals surface area (Å²) >= 11 is 0. The molecule has 42 heavy (non-hydrogen) atoms. The molecule has 5 aliphatic rings. The van der Waals surface area contributed by atoms with Gasteiger partial charge in [0.2, 0.25) is 0 Å². The first-order valence-corrected chi connectivity index (χ1v) is 15.5. The summed E-state index contributed by atoms with van der Waals surface area (Å²) in [7, 11) is 0. The van der Waals surface area contributed by atoms with Gasteiger partial charge >= 0.3 is 0 Å². The van der Waals surface area contributed by atoms with Gasteiger partial charge in [-0.15, -0.1) is 0 Å². The van der Waals surface area contributed by atoms with Gasteiger partial charge in [-0.05, 0) is 55.7 Å². The number of hydrogen-bond donors (Lipinski definition) is 2. The van der Waals surface area contributed by atoms with Crippen LogP contribution in [-0.2, 0) is 0 Å². The quantitative estimate of drug-likeness (QED) is 0.400. The summed E-state index contributed by atoms with van der Waals surface area (Å²) in [5.74, 6) is 2.60. The van der Waals surface area contributed by atoms with E-state index in [9.17, 15) is 15.5 Å². The van der Waals surface area contributed by atoms with E-state index in [-0.39, 0.29) is 24.2 Å². The first-order chi connectivity index (χ1) is 20.4. The number of nitrogens with zero attached hydrogens (tertiary/aromatic N) is 7. The molecule has 3 aromatic rings. The van der Waals surface area contributed by atoms with Crippen LogP contribution in [-0.4, -0.2) is 104 Å². The molecule has 7 heterocycles. The fourth-order valence-electron chi connectivity index (χ4n) is 7.59. The monoisotopic (exact) mass is 571 g/mol. The summed E-state index contributed by atoms with van der Waals surface area (Å²) in [6, 6.07) is 9.57. The van der Waals surface area contributed by atoms with Gasteiger partial charge in [0.1, 0.15) is 24.2 Å². The predicted molar refractivity (Wildman–Crippen MR) is 159 cm³/mol. The van der Waals surface area contributed by atoms with E-state index in [1.807, 2.05) is 18.5 Å². The lowest BCUT2D eigenvalue weighted by Crippen LogP contribution is -2.70. The molecule has 3 aromatic heterocycles. The Hall–Kier alpha value is -3.23. The first-order valence-electron chi connectivity index (χ1n) is 15.5. The van der Waals surface area contributed by atoms with E-state index in [0.717, 1.165) is 74.4 Å². The van der Waals surface area contributed by atoms with Gasteiger partial charge in [0, 0.05) is 68.2 Å². The van der Waals surface area contributed by atoms with Crippen molar-refractivity contribution in [2.75, 3.05) is 44.2 Å². The summed E-state index contributed by atoms with van der Waals surface area (Å²) in [5.41, 5.74) is 3.03. The highest BCUT2D eigenvalue weighted by Gasteiger charge is 2.45. The molecule has 4 saturated heterocycles. The van der Waals surface area contributed by atoms with E-state index >= 15 is 0 Å². The van der Waals surface area contributed by atoms with Crippen molar-refractivity contribution in [3.05, 3.63) is 42.4 Å². The number of pyridine rings is 2. The van der Waals surface area contributed by atoms with Crippen LogP contribution in [0, 0.1) is 23.2 Å². The Kier molecular flexibility index (Phi) is 7.31. The Morgan fingerprint density at radius 1 is 1.12 bits per heavy atom. The van der Waals surface area contributed by atoms with E-state index in [1.165, 1.54) is 6.42 Å². The number of aliphatic hydroxyl groups excluding tert-OH is 2. The van der Waals surface area contributed by atoms with E-state index in [0.29, 0.717) is 35.9 Å². The molecule has 0 amide bonds. The van der Waals surface area contributed by atoms with Crippen LogP contribution in [0.4, 0.5) is 5.82 Å². The van der Waals surface area contributed by atoms with Crippen LogP contribution < -0.4 is 9.64 Å². The average molecular weight is 572 g/mol. The maximum absolute atomic E-state index is 10.4. The number of ether oxygens (including phenoxy) is 1. The maximum Gasteiger partial charge on any atom is 0.138 e. The Morgan fingerprint density at radius 2 is 1.95 bits per heavy atom. The smallest absolute Gasteiger partial charge is 0.138 e. The molecule has 222 valence electrons. The van der Waals surface area contributed by atoms with Gasteiger partial charge in [0.15, 0.2) is 0 Å². The highest BCUT2D eigenvalue weighted by Crippen LogP contribution is 2.37. The highest BCUT2D eigenvalue weighted by molar-refractivity contribution is 5.85. The molecule has 6 unspecified atom stereocenters. The van der Waals surface area contributed by atoms with Gasteiger partial charge in [-0.1, -0.05) is 13.8 Å². The van der Waals surface area contributed by atoms with Crippen molar-refractivity contribution in [1.82, 2.24) is 24.4 Å². The molecular weight excluding hydrogens is 530 g/mol. The normalized spacial score (nSPS) is 28.2. The van der Waals surface area contributed by atoms with Crippen LogP contribution >= 0.6 is 0 Å². The number of piperazine rings is 1. The second kappa shape index (κ2) is 11.1. The predicted octanol–water partition coefficient (Wildman–Crippen LogP) is 2.77. The molecule has 0 aromatic carbocycles. The second-order valence-corrected chi connectivity index (χ2v) is 13.1. The molecule has 2 N–H and O–H groups in total. The third-order valence-corrected chi connectivity index (χ3v) is 10.1. The van der Waals surface area contributed by atoms with E-state index in [1.54, 1.807) is 10.7 Å². The van der Waals surface area contributed by atoms with Crippen LogP contribution in [0.3, 0.4) is 0 Å². The lowest BCUT2D eigenvalue weighted by Gasteiger charge is -2.57. The Morgan fingerprint density at radius 3 is 2.69 bits per heavy atom. The average Bonchev–Trinajstić information content (AvgIpc) is 3.58. The summed E-state index contributed by atoms with van der Waals surface area (Å²) in [6.07, 6.45) is 9.08. The van der Waals surface area contributed by atoms with Gasteiger partial charge in [0.05, 0.1) is 35.7 Å². The van der Waals surface area contributed by atoms with Crippen LogP contribution in [0.15, 0.2) is 36.8 Å². The molecule has 10 nitrogen and oxygen atoms in total. The molecule has 1 aliphatic carbocycles. The molecule has 10 heteroatoms. The molecule has 1 saturated carbocycles. The lowest BCUT2D eigenvalue weighted by atomic mass is 9.86. The maximum atomic E-state index is 10.4. The van der Waals surface area contributed by atoms with E-state index in [4.69, 9.17) is 9.72 Å². The molecule has 5 fully saturated rings. The summed E-state index contributed by atoms with van der Waals surface area (Å²) in [5, 5.41) is 35.0. The van der Waals surface area contributed by atoms with Crippen LogP contribution in [0.2, 0.25) is 0 Å². The standard InChI is InChI=1S/C32H41N7O3/c1-20(2)30(41)19-38-24-10-25(38)17-37(16-24)31-6-4-22(13-34-31)27-11-26(18-39-32(27)23(12-33)14-35-39)42-8-7-36-15-21-3-5-29(40)28(36)9-21/h4,6,11,13-14,18,20-21,24-25,28-30,40-41H,3,5,7-10,15-17,19H2,1-2H3. The van der Waals surface area contributed by atoms with Crippen molar-refractivity contribution in [3.8, 4) is 22.9 Å². The van der Waals surface area contributed by atoms with Crippen molar-refractivity contribution in [1.29, 1.82) is 5.26 Å². The molecular formula is C32H41N7O3. The third-order valence-electron chi connectivity index (χ3n) is 10.1. The molecule has 4 bridgehead atoms. The number of fused-ring (bicyclic) bond motifs is 5. The van der Waals surface area contributed by atoms with Crippen molar-refractivity contribution in [2.45, 2.75) is 69.9 Å². The number of piperidine rings is 1. The number of hydrogen-bond acceptors (Lipinski definition) is 9. The van der Waals surface area contributed by atoms with Gasteiger partial charge in [-0.3, -0.25) is 9.80 Å². The number of rotatable bonds is 9. The topological polar surface area (TPSA) is 113 Å². The van der Waals surface area contributed by atoms with Gasteiger partial charge in [0.25, 0.3) is 0 Å². The number of aliphatic hydroxyl groups is 2. The van der Waals surface area contributed by atoms with Gasteiger partial charge < -0.3 is 19.8 Å². The minimum Gasteiger partial charge on any atom is -0.491 e. The van der Waals surface area contributed by atoms with E-state index in [2.05, 4.69) is 51.8 Å². The van der Waals surface area contributed by atoms with Crippen molar-refractivity contribution in [3.63, 3.8) is 0 Å². The zero-order valence-corrected chi connectivity index (χ0v) is 24.5. The van der Waals surface area contributed by atoms with Crippen LogP contribution in [0.1, 0.15) is 45.1 Å². The van der Waals surface area contributed by atoms with Gasteiger partial charge in [-0.2, -0.15) is 10.4 Å². The SMILES string of the molecule is CC(C)C(O)CN1C2CC1CN(c1ccc(-c3cc(OCCN4CC5CCC(O)C4C5)cn4ncc(C#N)c34)cn1)C2. The fraction of sp³-hybridized carbons (Fsp3) is 0.594. The Balaban J connectivity index is 1.06. The fourth-order valence-corrected chi connectivity index (χ4v) is 7.59. The second-order valence-electron chi connectivity index (χ2n) is 13.1. The zero-order valence-electron chi connectivity index (χ0n) is 24.5. The zero-order chi connectivity index (χ0) is 29.0. The molecule has 8 rings (SSSR count). The minimum absolute atomic E-state index is 0.233. The van der Waals surface area contributed by atoms with Crippen molar-refractivity contribution >= 4 is 11.3 Å². The number of aromatic nitrogens is 3. The molecule has 4 aliphatic heterocycles.